The summed E-state index contributed by atoms with van der Waals surface area (Å²) < 4.78 is 57.4. The zero-order chi connectivity index (χ0) is 22.8. The van der Waals surface area contributed by atoms with Crippen LogP contribution in [0.25, 0.3) is 0 Å². The Kier molecular flexibility index (Phi) is 7.02. The van der Waals surface area contributed by atoms with Crippen molar-refractivity contribution >= 4 is 17.9 Å². The van der Waals surface area contributed by atoms with Crippen molar-refractivity contribution in [3.05, 3.63) is 35.1 Å². The Hall–Kier alpha value is -2.69. The summed E-state index contributed by atoms with van der Waals surface area (Å²) in [6, 6.07) is 1.44. The predicted molar refractivity (Wildman–Crippen MR) is 91.2 cm³/mol. The molecule has 0 heterocycles. The van der Waals surface area contributed by atoms with Crippen LogP contribution in [0.1, 0.15) is 38.3 Å². The van der Waals surface area contributed by atoms with Gasteiger partial charge in [-0.15, -0.1) is 0 Å². The molecule has 29 heavy (non-hydrogen) atoms. The fourth-order valence-corrected chi connectivity index (χ4v) is 2.44. The summed E-state index contributed by atoms with van der Waals surface area (Å²) in [5.74, 6) is -7.86. The second-order valence-electron chi connectivity index (χ2n) is 7.53. The Morgan fingerprint density at radius 1 is 1.14 bits per heavy atom. The van der Waals surface area contributed by atoms with Crippen LogP contribution < -0.4 is 5.73 Å². The predicted octanol–water partition coefficient (Wildman–Crippen LogP) is 2.60. The molecule has 0 saturated carbocycles. The first kappa shape index (κ1) is 24.3. The van der Waals surface area contributed by atoms with E-state index in [0.29, 0.717) is 18.2 Å². The number of carbonyl (C=O) groups excluding carboxylic acids is 1. The van der Waals surface area contributed by atoms with Gasteiger partial charge < -0.3 is 20.7 Å². The van der Waals surface area contributed by atoms with Gasteiger partial charge in [-0.3, -0.25) is 4.79 Å². The lowest BCUT2D eigenvalue weighted by molar-refractivity contribution is -0.170. The van der Waals surface area contributed by atoms with E-state index in [0.717, 1.165) is 0 Å². The molecule has 2 atom stereocenters. The normalized spacial score (nSPS) is 15.3. The van der Waals surface area contributed by atoms with Crippen molar-refractivity contribution in [1.29, 1.82) is 0 Å². The molecule has 0 radical (unpaired) electrons. The van der Waals surface area contributed by atoms with E-state index in [-0.39, 0.29) is 0 Å². The molecule has 0 fully saturated rings. The highest BCUT2D eigenvalue weighted by atomic mass is 19.4. The van der Waals surface area contributed by atoms with Crippen molar-refractivity contribution in [2.75, 3.05) is 0 Å². The first-order valence-electron chi connectivity index (χ1n) is 8.31. The Bertz CT molecular complexity index is 803. The van der Waals surface area contributed by atoms with Crippen LogP contribution in [0.15, 0.2) is 18.2 Å². The third-order valence-corrected chi connectivity index (χ3v) is 3.90. The van der Waals surface area contributed by atoms with Crippen LogP contribution in [0.4, 0.5) is 17.6 Å². The smallest absolute Gasteiger partial charge is 0.416 e. The van der Waals surface area contributed by atoms with Crippen LogP contribution in [-0.4, -0.2) is 39.3 Å². The minimum Gasteiger partial charge on any atom is -0.481 e. The molecule has 0 saturated heterocycles. The largest absolute Gasteiger partial charge is 0.481 e. The number of aliphatic carboxylic acids is 2. The standard InChI is InChI=1S/C18H21F4NO6/c1-16(2,3)29-15(28)17(23,14(26)27)8-10(13(24)25)6-9-7-11(18(20,21)22)4-5-12(9)19/h4-5,7,10H,6,8,23H2,1-3H3,(H,24,25)(H,26,27)/t10-,17-/m0/s1. The molecule has 162 valence electrons. The van der Waals surface area contributed by atoms with E-state index < -0.39 is 70.9 Å². The topological polar surface area (TPSA) is 127 Å². The molecular weight excluding hydrogens is 402 g/mol. The first-order valence-corrected chi connectivity index (χ1v) is 8.31. The lowest BCUT2D eigenvalue weighted by Crippen LogP contribution is -2.58. The van der Waals surface area contributed by atoms with Crippen LogP contribution in [0, 0.1) is 11.7 Å². The minimum atomic E-state index is -4.80. The van der Waals surface area contributed by atoms with E-state index in [1.807, 2.05) is 0 Å². The van der Waals surface area contributed by atoms with Crippen LogP contribution in [-0.2, 0) is 31.7 Å². The number of ether oxygens (including phenoxy) is 1. The number of halogens is 4. The quantitative estimate of drug-likeness (QED) is 0.349. The molecular formula is C18H21F4NO6. The Labute approximate surface area is 163 Å². The maximum atomic E-state index is 14.0. The van der Waals surface area contributed by atoms with Crippen LogP contribution in [0.5, 0.6) is 0 Å². The van der Waals surface area contributed by atoms with Crippen LogP contribution in [0.2, 0.25) is 0 Å². The van der Waals surface area contributed by atoms with Crippen molar-refractivity contribution in [2.45, 2.75) is 50.9 Å². The van der Waals surface area contributed by atoms with Crippen molar-refractivity contribution in [1.82, 2.24) is 0 Å². The SMILES string of the molecule is CC(C)(C)OC(=O)[C@](N)(C[C@H](Cc1cc(C(F)(F)F)ccc1F)C(=O)O)C(=O)O. The number of carboxylic acids is 2. The molecule has 0 bridgehead atoms. The van der Waals surface area contributed by atoms with E-state index >= 15 is 0 Å². The lowest BCUT2D eigenvalue weighted by Gasteiger charge is -2.30. The molecule has 0 spiro atoms. The van der Waals surface area contributed by atoms with Gasteiger partial charge in [-0.2, -0.15) is 13.2 Å². The minimum absolute atomic E-state index is 0.428. The summed E-state index contributed by atoms with van der Waals surface area (Å²) in [5, 5.41) is 18.7. The molecule has 11 heteroatoms. The second kappa shape index (κ2) is 8.36. The Morgan fingerprint density at radius 3 is 2.10 bits per heavy atom. The number of nitrogens with two attached hydrogens (primary N) is 1. The van der Waals surface area contributed by atoms with Crippen molar-refractivity contribution in [2.24, 2.45) is 11.7 Å². The molecule has 0 unspecified atom stereocenters. The highest BCUT2D eigenvalue weighted by Gasteiger charge is 2.48. The molecule has 0 aliphatic rings. The molecule has 0 aliphatic heterocycles. The zero-order valence-corrected chi connectivity index (χ0v) is 15.8. The molecule has 1 aromatic carbocycles. The highest BCUT2D eigenvalue weighted by molar-refractivity contribution is 6.04. The summed E-state index contributed by atoms with van der Waals surface area (Å²) in [6.07, 6.45) is -6.64. The van der Waals surface area contributed by atoms with E-state index in [9.17, 15) is 42.2 Å². The number of carboxylic acid groups (broad SMARTS) is 2. The Morgan fingerprint density at radius 2 is 1.69 bits per heavy atom. The average Bonchev–Trinajstić information content (AvgIpc) is 2.52. The fraction of sp³-hybridized carbons (Fsp3) is 0.500. The molecule has 4 N–H and O–H groups in total. The summed E-state index contributed by atoms with van der Waals surface area (Å²) in [4.78, 5) is 35.4. The van der Waals surface area contributed by atoms with Gasteiger partial charge in [0.25, 0.3) is 0 Å². The summed E-state index contributed by atoms with van der Waals surface area (Å²) in [7, 11) is 0. The third-order valence-electron chi connectivity index (χ3n) is 3.90. The van der Waals surface area contributed by atoms with Gasteiger partial charge in [0.2, 0.25) is 5.54 Å². The van der Waals surface area contributed by atoms with Crippen molar-refractivity contribution < 1.29 is 46.9 Å². The molecule has 0 aliphatic carbocycles. The van der Waals surface area contributed by atoms with E-state index in [1.165, 1.54) is 20.8 Å². The second-order valence-corrected chi connectivity index (χ2v) is 7.53. The molecule has 0 aromatic heterocycles. The maximum absolute atomic E-state index is 14.0. The molecule has 1 rings (SSSR count). The van der Waals surface area contributed by atoms with Gasteiger partial charge in [-0.1, -0.05) is 0 Å². The number of rotatable bonds is 7. The average molecular weight is 423 g/mol. The lowest BCUT2D eigenvalue weighted by atomic mass is 9.84. The summed E-state index contributed by atoms with van der Waals surface area (Å²) >= 11 is 0. The van der Waals surface area contributed by atoms with Crippen LogP contribution in [0.3, 0.4) is 0 Å². The summed E-state index contributed by atoms with van der Waals surface area (Å²) in [6.45, 7) is 4.29. The molecule has 1 aromatic rings. The van der Waals surface area contributed by atoms with Gasteiger partial charge in [-0.25, -0.2) is 14.0 Å². The number of hydrogen-bond donors (Lipinski definition) is 3. The number of carbonyl (C=O) groups is 3. The highest BCUT2D eigenvalue weighted by Crippen LogP contribution is 2.32. The van der Waals surface area contributed by atoms with E-state index in [2.05, 4.69) is 0 Å². The number of alkyl halides is 3. The molecule has 7 nitrogen and oxygen atoms in total. The Balaban J connectivity index is 3.25. The van der Waals surface area contributed by atoms with Gasteiger partial charge in [0.05, 0.1) is 11.5 Å². The van der Waals surface area contributed by atoms with Gasteiger partial charge in [0, 0.05) is 6.42 Å². The van der Waals surface area contributed by atoms with Crippen LogP contribution >= 0.6 is 0 Å². The number of hydrogen-bond acceptors (Lipinski definition) is 5. The van der Waals surface area contributed by atoms with E-state index in [4.69, 9.17) is 10.5 Å². The number of benzene rings is 1. The van der Waals surface area contributed by atoms with Gasteiger partial charge in [0.15, 0.2) is 0 Å². The number of esters is 1. The maximum Gasteiger partial charge on any atom is 0.416 e. The zero-order valence-electron chi connectivity index (χ0n) is 15.8. The van der Waals surface area contributed by atoms with Crippen molar-refractivity contribution in [3.63, 3.8) is 0 Å². The van der Waals surface area contributed by atoms with Gasteiger partial charge in [0.1, 0.15) is 11.4 Å². The monoisotopic (exact) mass is 423 g/mol. The van der Waals surface area contributed by atoms with Gasteiger partial charge in [-0.05, 0) is 51.0 Å². The van der Waals surface area contributed by atoms with Crippen molar-refractivity contribution in [3.8, 4) is 0 Å². The van der Waals surface area contributed by atoms with Gasteiger partial charge >= 0.3 is 24.1 Å². The van der Waals surface area contributed by atoms with E-state index in [1.54, 1.807) is 0 Å². The summed E-state index contributed by atoms with van der Waals surface area (Å²) in [5.41, 5.74) is -0.136. The molecule has 0 amide bonds. The fourth-order valence-electron chi connectivity index (χ4n) is 2.44. The first-order chi connectivity index (χ1) is 13.0. The third kappa shape index (κ3) is 6.41.